The minimum Gasteiger partial charge on any atom is -0.341 e. The molecular weight excluding hydrogens is 218 g/mol. The zero-order chi connectivity index (χ0) is 12.4. The zero-order valence-electron chi connectivity index (χ0n) is 10.3. The van der Waals surface area contributed by atoms with E-state index in [1.807, 2.05) is 14.0 Å². The molecule has 2 N–H and O–H groups in total. The van der Waals surface area contributed by atoms with E-state index in [9.17, 15) is 4.79 Å². The first-order valence-electron chi connectivity index (χ1n) is 6.03. The Morgan fingerprint density at radius 1 is 1.71 bits per heavy atom. The van der Waals surface area contributed by atoms with Crippen molar-refractivity contribution in [2.45, 2.75) is 44.8 Å². The van der Waals surface area contributed by atoms with Crippen molar-refractivity contribution in [2.24, 2.45) is 5.73 Å². The largest absolute Gasteiger partial charge is 0.341 e. The third-order valence-corrected chi connectivity index (χ3v) is 3.16. The monoisotopic (exact) mass is 237 g/mol. The lowest BCUT2D eigenvalue weighted by atomic mass is 10.2. The van der Waals surface area contributed by atoms with E-state index in [0.29, 0.717) is 6.04 Å². The van der Waals surface area contributed by atoms with E-state index in [1.54, 1.807) is 15.8 Å². The van der Waals surface area contributed by atoms with E-state index >= 15 is 0 Å². The second kappa shape index (κ2) is 4.83. The summed E-state index contributed by atoms with van der Waals surface area (Å²) in [5, 5.41) is 7.90. The van der Waals surface area contributed by atoms with E-state index in [-0.39, 0.29) is 18.5 Å². The summed E-state index contributed by atoms with van der Waals surface area (Å²) >= 11 is 0. The Kier molecular flexibility index (Phi) is 3.42. The van der Waals surface area contributed by atoms with Gasteiger partial charge in [-0.2, -0.15) is 0 Å². The molecule has 6 heteroatoms. The van der Waals surface area contributed by atoms with Gasteiger partial charge in [0.25, 0.3) is 0 Å². The summed E-state index contributed by atoms with van der Waals surface area (Å²) in [6.45, 7) is 2.24. The summed E-state index contributed by atoms with van der Waals surface area (Å²) in [5.74, 6) is 0.0778. The predicted molar refractivity (Wildman–Crippen MR) is 63.0 cm³/mol. The molecule has 1 unspecified atom stereocenters. The minimum atomic E-state index is -0.0972. The lowest BCUT2D eigenvalue weighted by Gasteiger charge is -2.15. The van der Waals surface area contributed by atoms with Crippen molar-refractivity contribution >= 4 is 5.91 Å². The van der Waals surface area contributed by atoms with Gasteiger partial charge in [0, 0.05) is 13.1 Å². The van der Waals surface area contributed by atoms with Crippen molar-refractivity contribution in [1.29, 1.82) is 0 Å². The van der Waals surface area contributed by atoms with Crippen molar-refractivity contribution < 1.29 is 4.79 Å². The van der Waals surface area contributed by atoms with E-state index in [2.05, 4.69) is 10.3 Å². The summed E-state index contributed by atoms with van der Waals surface area (Å²) < 4.78 is 1.56. The van der Waals surface area contributed by atoms with E-state index in [1.165, 1.54) is 0 Å². The van der Waals surface area contributed by atoms with E-state index in [0.717, 1.165) is 25.0 Å². The Hall–Kier alpha value is -1.43. The van der Waals surface area contributed by atoms with Crippen LogP contribution >= 0.6 is 0 Å². The molecular formula is C11H19N5O. The van der Waals surface area contributed by atoms with Gasteiger partial charge in [-0.3, -0.25) is 4.79 Å². The number of likely N-dealkylation sites (N-methyl/N-ethyl adjacent to an activating group) is 1. The Morgan fingerprint density at radius 3 is 3.00 bits per heavy atom. The third-order valence-electron chi connectivity index (χ3n) is 3.16. The molecule has 1 aromatic heterocycles. The average molecular weight is 237 g/mol. The minimum absolute atomic E-state index is 0.0778. The average Bonchev–Trinajstić information content (AvgIpc) is 3.08. The molecule has 6 nitrogen and oxygen atoms in total. The molecule has 1 aliphatic carbocycles. The van der Waals surface area contributed by atoms with Gasteiger partial charge < -0.3 is 10.6 Å². The highest BCUT2D eigenvalue weighted by Gasteiger charge is 2.29. The number of hydrogen-bond acceptors (Lipinski definition) is 4. The lowest BCUT2D eigenvalue weighted by molar-refractivity contribution is -0.131. The fraction of sp³-hybridized carbons (Fsp3) is 0.727. The molecule has 0 saturated heterocycles. The highest BCUT2D eigenvalue weighted by Crippen LogP contribution is 2.25. The van der Waals surface area contributed by atoms with Gasteiger partial charge in [0.05, 0.1) is 17.9 Å². The van der Waals surface area contributed by atoms with Gasteiger partial charge in [-0.1, -0.05) is 12.1 Å². The summed E-state index contributed by atoms with van der Waals surface area (Å²) in [7, 11) is 1.84. The van der Waals surface area contributed by atoms with Crippen LogP contribution in [0.1, 0.15) is 37.9 Å². The Balaban J connectivity index is 1.94. The number of carbonyl (C=O) groups excluding carboxylic acids is 1. The van der Waals surface area contributed by atoms with Gasteiger partial charge in [-0.25, -0.2) is 4.68 Å². The van der Waals surface area contributed by atoms with Crippen molar-refractivity contribution in [3.05, 3.63) is 11.9 Å². The molecule has 94 valence electrons. The van der Waals surface area contributed by atoms with Crippen LogP contribution in [-0.2, 0) is 11.3 Å². The maximum Gasteiger partial charge on any atom is 0.244 e. The number of hydrogen-bond donors (Lipinski definition) is 1. The molecule has 1 aliphatic rings. The van der Waals surface area contributed by atoms with Crippen LogP contribution in [0.15, 0.2) is 6.20 Å². The Labute approximate surface area is 101 Å². The second-order valence-electron chi connectivity index (χ2n) is 4.59. The first-order valence-corrected chi connectivity index (χ1v) is 6.03. The Bertz CT molecular complexity index is 398. The van der Waals surface area contributed by atoms with E-state index in [4.69, 9.17) is 5.73 Å². The predicted octanol–water partition coefficient (Wildman–Crippen LogP) is 0.309. The smallest absolute Gasteiger partial charge is 0.244 e. The number of rotatable bonds is 5. The normalized spacial score (nSPS) is 16.9. The quantitative estimate of drug-likeness (QED) is 0.799. The van der Waals surface area contributed by atoms with Crippen LogP contribution in [0, 0.1) is 0 Å². The number of nitrogens with zero attached hydrogens (tertiary/aromatic N) is 4. The highest BCUT2D eigenvalue weighted by atomic mass is 16.2. The first kappa shape index (κ1) is 12.0. The summed E-state index contributed by atoms with van der Waals surface area (Å²) in [6, 6.07) is 0.336. The number of amides is 1. The van der Waals surface area contributed by atoms with Crippen molar-refractivity contribution in [1.82, 2.24) is 19.9 Å². The molecule has 0 aliphatic heterocycles. The fourth-order valence-electron chi connectivity index (χ4n) is 1.69. The van der Waals surface area contributed by atoms with Gasteiger partial charge in [0.15, 0.2) is 0 Å². The van der Waals surface area contributed by atoms with Crippen LogP contribution in [0.5, 0.6) is 0 Å². The highest BCUT2D eigenvalue weighted by molar-refractivity contribution is 5.76. The molecule has 1 saturated carbocycles. The lowest BCUT2D eigenvalue weighted by Crippen LogP contribution is -2.32. The standard InChI is InChI=1S/C11H19N5O/c1-3-9(12)10-6-16(14-13-10)7-11(17)15(2)8-4-5-8/h6,8-9H,3-5,7,12H2,1-2H3. The molecule has 0 bridgehead atoms. The van der Waals surface area contributed by atoms with Gasteiger partial charge in [-0.15, -0.1) is 5.10 Å². The zero-order valence-corrected chi connectivity index (χ0v) is 10.3. The Morgan fingerprint density at radius 2 is 2.41 bits per heavy atom. The van der Waals surface area contributed by atoms with Gasteiger partial charge in [0.2, 0.25) is 5.91 Å². The molecule has 1 fully saturated rings. The molecule has 1 amide bonds. The van der Waals surface area contributed by atoms with Crippen LogP contribution in [0.3, 0.4) is 0 Å². The van der Waals surface area contributed by atoms with Gasteiger partial charge >= 0.3 is 0 Å². The second-order valence-corrected chi connectivity index (χ2v) is 4.59. The summed E-state index contributed by atoms with van der Waals surface area (Å²) in [6.07, 6.45) is 4.80. The van der Waals surface area contributed by atoms with Gasteiger partial charge in [-0.05, 0) is 19.3 Å². The summed E-state index contributed by atoms with van der Waals surface area (Å²) in [4.78, 5) is 13.6. The molecule has 17 heavy (non-hydrogen) atoms. The maximum atomic E-state index is 11.8. The molecule has 0 spiro atoms. The molecule has 1 atom stereocenters. The molecule has 2 rings (SSSR count). The van der Waals surface area contributed by atoms with Crippen molar-refractivity contribution in [2.75, 3.05) is 7.05 Å². The van der Waals surface area contributed by atoms with Crippen LogP contribution in [-0.4, -0.2) is 38.9 Å². The molecule has 0 radical (unpaired) electrons. The molecule has 0 aromatic carbocycles. The topological polar surface area (TPSA) is 77.0 Å². The SMILES string of the molecule is CCC(N)c1cn(CC(=O)N(C)C2CC2)nn1. The van der Waals surface area contributed by atoms with Gasteiger partial charge in [0.1, 0.15) is 6.54 Å². The summed E-state index contributed by atoms with van der Waals surface area (Å²) in [5.41, 5.74) is 6.59. The van der Waals surface area contributed by atoms with Crippen molar-refractivity contribution in [3.8, 4) is 0 Å². The van der Waals surface area contributed by atoms with Crippen LogP contribution in [0.4, 0.5) is 0 Å². The fourth-order valence-corrected chi connectivity index (χ4v) is 1.69. The number of nitrogens with two attached hydrogens (primary N) is 1. The van der Waals surface area contributed by atoms with Crippen LogP contribution in [0.2, 0.25) is 0 Å². The first-order chi connectivity index (χ1) is 8.11. The third kappa shape index (κ3) is 2.82. The maximum absolute atomic E-state index is 11.8. The number of aromatic nitrogens is 3. The van der Waals surface area contributed by atoms with Crippen molar-refractivity contribution in [3.63, 3.8) is 0 Å². The van der Waals surface area contributed by atoms with Crippen LogP contribution in [0.25, 0.3) is 0 Å². The molecule has 1 heterocycles. The molecule has 1 aromatic rings. The van der Waals surface area contributed by atoms with Crippen LogP contribution < -0.4 is 5.73 Å². The number of carbonyl (C=O) groups is 1. The van der Waals surface area contributed by atoms with E-state index < -0.39 is 0 Å².